The van der Waals surface area contributed by atoms with E-state index in [1.54, 1.807) is 12.1 Å². The van der Waals surface area contributed by atoms with Gasteiger partial charge in [0, 0.05) is 0 Å². The zero-order valence-corrected chi connectivity index (χ0v) is 10.6. The van der Waals surface area contributed by atoms with Gasteiger partial charge in [0.25, 0.3) is 0 Å². The third-order valence-corrected chi connectivity index (χ3v) is 3.43. The van der Waals surface area contributed by atoms with Gasteiger partial charge in [-0.1, -0.05) is 42.5 Å². The number of hydrazone groups is 1. The minimum atomic E-state index is 0.230. The van der Waals surface area contributed by atoms with E-state index >= 15 is 0 Å². The molecular formula is C16H16N2O. The average molecular weight is 252 g/mol. The van der Waals surface area contributed by atoms with Gasteiger partial charge < -0.3 is 10.5 Å². The lowest BCUT2D eigenvalue weighted by Crippen LogP contribution is -2.24. The Kier molecular flexibility index (Phi) is 3.19. The summed E-state index contributed by atoms with van der Waals surface area (Å²) in [5.41, 5.74) is 6.66. The molecule has 0 fully saturated rings. The fourth-order valence-corrected chi connectivity index (χ4v) is 2.34. The van der Waals surface area contributed by atoms with Gasteiger partial charge in [-0.2, -0.15) is 5.10 Å². The van der Waals surface area contributed by atoms with Crippen molar-refractivity contribution in [2.45, 2.75) is 18.9 Å². The van der Waals surface area contributed by atoms with Gasteiger partial charge in [0.15, 0.2) is 0 Å². The van der Waals surface area contributed by atoms with E-state index in [1.165, 1.54) is 5.56 Å². The maximum atomic E-state index is 9.30. The van der Waals surface area contributed by atoms with Crippen molar-refractivity contribution in [2.24, 2.45) is 5.10 Å². The van der Waals surface area contributed by atoms with E-state index in [0.717, 1.165) is 24.1 Å². The number of nitrogens with zero attached hydrogens (tertiary/aromatic N) is 1. The molecule has 2 N–H and O–H groups in total. The summed E-state index contributed by atoms with van der Waals surface area (Å²) in [6.07, 6.45) is 1.97. The molecule has 0 spiro atoms. The smallest absolute Gasteiger partial charge is 0.115 e. The van der Waals surface area contributed by atoms with Crippen molar-refractivity contribution in [2.75, 3.05) is 0 Å². The van der Waals surface area contributed by atoms with Crippen molar-refractivity contribution in [1.29, 1.82) is 0 Å². The number of phenols is 1. The summed E-state index contributed by atoms with van der Waals surface area (Å²) in [4.78, 5) is 0. The SMILES string of the molecule is Oc1ccc(C2CCC(c3ccccc3)=NN2)cc1. The Morgan fingerprint density at radius 1 is 1.00 bits per heavy atom. The molecule has 0 aromatic heterocycles. The van der Waals surface area contributed by atoms with Crippen LogP contribution in [0.4, 0.5) is 0 Å². The van der Waals surface area contributed by atoms with Gasteiger partial charge in [-0.25, -0.2) is 0 Å². The monoisotopic (exact) mass is 252 g/mol. The molecule has 1 aliphatic heterocycles. The maximum absolute atomic E-state index is 9.30. The number of hydrogen-bond donors (Lipinski definition) is 2. The summed E-state index contributed by atoms with van der Waals surface area (Å²) >= 11 is 0. The van der Waals surface area contributed by atoms with Crippen molar-refractivity contribution in [3.63, 3.8) is 0 Å². The molecule has 19 heavy (non-hydrogen) atoms. The second-order valence-electron chi connectivity index (χ2n) is 4.74. The van der Waals surface area contributed by atoms with Crippen molar-refractivity contribution >= 4 is 5.71 Å². The van der Waals surface area contributed by atoms with E-state index in [9.17, 15) is 5.11 Å². The van der Waals surface area contributed by atoms with E-state index in [4.69, 9.17) is 0 Å². The molecule has 1 unspecified atom stereocenters. The summed E-state index contributed by atoms with van der Waals surface area (Å²) in [5.74, 6) is 0.299. The van der Waals surface area contributed by atoms with Crippen LogP contribution in [0.25, 0.3) is 0 Å². The molecule has 3 heteroatoms. The molecular weight excluding hydrogens is 236 g/mol. The number of nitrogens with one attached hydrogen (secondary N) is 1. The molecule has 1 atom stereocenters. The molecule has 0 bridgehead atoms. The standard InChI is InChI=1S/C16H16N2O/c19-14-8-6-13(7-9-14)16-11-10-15(17-18-16)12-4-2-1-3-5-12/h1-9,16,18-19H,10-11H2. The van der Waals surface area contributed by atoms with Gasteiger partial charge in [0.05, 0.1) is 11.8 Å². The number of hydrogen-bond acceptors (Lipinski definition) is 3. The molecule has 0 saturated carbocycles. The highest BCUT2D eigenvalue weighted by molar-refractivity contribution is 6.00. The van der Waals surface area contributed by atoms with Crippen LogP contribution in [0.15, 0.2) is 59.7 Å². The van der Waals surface area contributed by atoms with Gasteiger partial charge in [-0.15, -0.1) is 0 Å². The van der Waals surface area contributed by atoms with Crippen molar-refractivity contribution < 1.29 is 5.11 Å². The van der Waals surface area contributed by atoms with Crippen LogP contribution in [0.1, 0.15) is 30.0 Å². The number of rotatable bonds is 2. The topological polar surface area (TPSA) is 44.6 Å². The van der Waals surface area contributed by atoms with Crippen LogP contribution in [0, 0.1) is 0 Å². The Hall–Kier alpha value is -2.29. The van der Waals surface area contributed by atoms with Crippen molar-refractivity contribution in [1.82, 2.24) is 5.43 Å². The lowest BCUT2D eigenvalue weighted by Gasteiger charge is -2.23. The lowest BCUT2D eigenvalue weighted by molar-refractivity contribution is 0.472. The molecule has 3 nitrogen and oxygen atoms in total. The van der Waals surface area contributed by atoms with Gasteiger partial charge in [-0.05, 0) is 36.1 Å². The largest absolute Gasteiger partial charge is 0.508 e. The first-order valence-corrected chi connectivity index (χ1v) is 6.49. The van der Waals surface area contributed by atoms with Crippen molar-refractivity contribution in [3.05, 3.63) is 65.7 Å². The molecule has 2 aromatic carbocycles. The van der Waals surface area contributed by atoms with E-state index in [2.05, 4.69) is 22.7 Å². The molecule has 0 amide bonds. The van der Waals surface area contributed by atoms with E-state index in [-0.39, 0.29) is 6.04 Å². The third-order valence-electron chi connectivity index (χ3n) is 3.43. The molecule has 96 valence electrons. The molecule has 2 aromatic rings. The number of phenolic OH excluding ortho intramolecular Hbond substituents is 1. The van der Waals surface area contributed by atoms with Crippen LogP contribution in [-0.2, 0) is 0 Å². The van der Waals surface area contributed by atoms with E-state index < -0.39 is 0 Å². The maximum Gasteiger partial charge on any atom is 0.115 e. The molecule has 0 radical (unpaired) electrons. The second kappa shape index (κ2) is 5.14. The number of aromatic hydroxyl groups is 1. The van der Waals surface area contributed by atoms with Crippen LogP contribution < -0.4 is 5.43 Å². The van der Waals surface area contributed by atoms with Crippen LogP contribution >= 0.6 is 0 Å². The Balaban J connectivity index is 1.75. The summed E-state index contributed by atoms with van der Waals surface area (Å²) < 4.78 is 0. The van der Waals surface area contributed by atoms with E-state index in [0.29, 0.717) is 5.75 Å². The first-order valence-electron chi connectivity index (χ1n) is 6.49. The van der Waals surface area contributed by atoms with Crippen LogP contribution in [-0.4, -0.2) is 10.8 Å². The molecule has 0 saturated heterocycles. The summed E-state index contributed by atoms with van der Waals surface area (Å²) in [6.45, 7) is 0. The predicted molar refractivity (Wildman–Crippen MR) is 76.2 cm³/mol. The minimum absolute atomic E-state index is 0.230. The minimum Gasteiger partial charge on any atom is -0.508 e. The molecule has 1 heterocycles. The van der Waals surface area contributed by atoms with Gasteiger partial charge in [0.1, 0.15) is 5.75 Å². The van der Waals surface area contributed by atoms with Crippen LogP contribution in [0.2, 0.25) is 0 Å². The molecule has 1 aliphatic rings. The van der Waals surface area contributed by atoms with E-state index in [1.807, 2.05) is 30.3 Å². The first-order chi connectivity index (χ1) is 9.33. The highest BCUT2D eigenvalue weighted by Crippen LogP contribution is 2.25. The van der Waals surface area contributed by atoms with Crippen molar-refractivity contribution in [3.8, 4) is 5.75 Å². The molecule has 0 aliphatic carbocycles. The van der Waals surface area contributed by atoms with Gasteiger partial charge in [0.2, 0.25) is 0 Å². The number of benzene rings is 2. The quantitative estimate of drug-likeness (QED) is 0.862. The third kappa shape index (κ3) is 2.60. The Morgan fingerprint density at radius 3 is 2.37 bits per heavy atom. The fourth-order valence-electron chi connectivity index (χ4n) is 2.34. The van der Waals surface area contributed by atoms with Gasteiger partial charge >= 0.3 is 0 Å². The summed E-state index contributed by atoms with van der Waals surface area (Å²) in [5, 5.41) is 13.8. The summed E-state index contributed by atoms with van der Waals surface area (Å²) in [6, 6.07) is 17.8. The fraction of sp³-hybridized carbons (Fsp3) is 0.188. The Bertz CT molecular complexity index is 575. The average Bonchev–Trinajstić information content (AvgIpc) is 2.49. The highest BCUT2D eigenvalue weighted by atomic mass is 16.3. The zero-order valence-electron chi connectivity index (χ0n) is 10.6. The van der Waals surface area contributed by atoms with Crippen LogP contribution in [0.3, 0.4) is 0 Å². The normalized spacial score (nSPS) is 18.5. The zero-order chi connectivity index (χ0) is 13.1. The second-order valence-corrected chi connectivity index (χ2v) is 4.74. The molecule has 3 rings (SSSR count). The predicted octanol–water partition coefficient (Wildman–Crippen LogP) is 3.22. The Labute approximate surface area is 112 Å². The first kappa shape index (κ1) is 11.8. The Morgan fingerprint density at radius 2 is 1.74 bits per heavy atom. The van der Waals surface area contributed by atoms with Gasteiger partial charge in [-0.3, -0.25) is 0 Å². The lowest BCUT2D eigenvalue weighted by atomic mass is 9.97. The highest BCUT2D eigenvalue weighted by Gasteiger charge is 2.17. The van der Waals surface area contributed by atoms with Crippen LogP contribution in [0.5, 0.6) is 5.75 Å². The summed E-state index contributed by atoms with van der Waals surface area (Å²) in [7, 11) is 0.